The average molecular weight is 470 g/mol. The van der Waals surface area contributed by atoms with Crippen LogP contribution in [0.25, 0.3) is 17.0 Å². The minimum absolute atomic E-state index is 0.0936. The van der Waals surface area contributed by atoms with Crippen LogP contribution in [-0.4, -0.2) is 20.8 Å². The molecule has 0 bridgehead atoms. The number of rotatable bonds is 5. The normalized spacial score (nSPS) is 14.8. The van der Waals surface area contributed by atoms with Gasteiger partial charge in [-0.1, -0.05) is 23.7 Å². The van der Waals surface area contributed by atoms with Crippen molar-refractivity contribution in [2.45, 2.75) is 26.1 Å². The average Bonchev–Trinajstić information content (AvgIpc) is 3.35. The molecule has 3 heterocycles. The first-order valence-electron chi connectivity index (χ1n) is 10.7. The molecule has 0 aliphatic carbocycles. The maximum atomic E-state index is 13.2. The molecule has 0 radical (unpaired) electrons. The van der Waals surface area contributed by atoms with Crippen LogP contribution < -0.4 is 4.74 Å². The van der Waals surface area contributed by atoms with Crippen LogP contribution in [0.2, 0.25) is 5.02 Å². The van der Waals surface area contributed by atoms with E-state index in [0.29, 0.717) is 34.3 Å². The lowest BCUT2D eigenvalue weighted by Crippen LogP contribution is -2.29. The second-order valence-corrected chi connectivity index (χ2v) is 8.93. The van der Waals surface area contributed by atoms with E-state index in [1.807, 2.05) is 41.1 Å². The molecule has 0 N–H and O–H groups in total. The van der Waals surface area contributed by atoms with Crippen molar-refractivity contribution < 1.29 is 14.3 Å². The number of fused-ring (bicyclic) bond motifs is 1. The third-order valence-electron chi connectivity index (χ3n) is 5.64. The Morgan fingerprint density at radius 1 is 1.09 bits per heavy atom. The van der Waals surface area contributed by atoms with Crippen LogP contribution in [0.3, 0.4) is 0 Å². The third-order valence-corrected chi connectivity index (χ3v) is 5.87. The summed E-state index contributed by atoms with van der Waals surface area (Å²) in [4.78, 5) is 17.7. The molecule has 0 spiro atoms. The van der Waals surface area contributed by atoms with E-state index in [-0.39, 0.29) is 5.78 Å². The summed E-state index contributed by atoms with van der Waals surface area (Å²) < 4.78 is 13.8. The molecular weight excluding hydrogens is 450 g/mol. The van der Waals surface area contributed by atoms with Gasteiger partial charge in [-0.2, -0.15) is 5.26 Å². The lowest BCUT2D eigenvalue weighted by Gasteiger charge is -2.17. The van der Waals surface area contributed by atoms with Gasteiger partial charge in [0.2, 0.25) is 5.78 Å². The number of Topliss-reactive ketones (excluding diaryl/α,β-unsaturated/α-hetero) is 1. The lowest BCUT2D eigenvalue weighted by atomic mass is 9.92. The first-order valence-corrected chi connectivity index (χ1v) is 11.1. The molecule has 2 aromatic carbocycles. The third kappa shape index (κ3) is 4.02. The number of hydrogen-bond donors (Lipinski definition) is 0. The van der Waals surface area contributed by atoms with Crippen LogP contribution in [0.1, 0.15) is 36.2 Å². The summed E-state index contributed by atoms with van der Waals surface area (Å²) in [6.45, 7) is 3.81. The molecule has 0 atom stereocenters. The Balaban J connectivity index is 1.39. The number of aromatic nitrogens is 2. The molecule has 1 aliphatic heterocycles. The van der Waals surface area contributed by atoms with Gasteiger partial charge >= 0.3 is 0 Å². The van der Waals surface area contributed by atoms with Gasteiger partial charge in [0.1, 0.15) is 23.8 Å². The van der Waals surface area contributed by atoms with Gasteiger partial charge in [-0.05, 0) is 67.9 Å². The summed E-state index contributed by atoms with van der Waals surface area (Å²) in [6.07, 6.45) is 3.75. The lowest BCUT2D eigenvalue weighted by molar-refractivity contribution is -0.125. The zero-order chi connectivity index (χ0) is 23.9. The predicted octanol–water partition coefficient (Wildman–Crippen LogP) is 5.68. The summed E-state index contributed by atoms with van der Waals surface area (Å²) in [5.74, 6) is 1.07. The van der Waals surface area contributed by atoms with Crippen molar-refractivity contribution in [2.75, 3.05) is 0 Å². The van der Waals surface area contributed by atoms with Crippen molar-refractivity contribution in [3.8, 4) is 11.8 Å². The maximum Gasteiger partial charge on any atom is 0.210 e. The summed E-state index contributed by atoms with van der Waals surface area (Å²) in [5, 5.41) is 9.70. The van der Waals surface area contributed by atoms with Crippen LogP contribution in [0.15, 0.2) is 73.1 Å². The van der Waals surface area contributed by atoms with E-state index >= 15 is 0 Å². The van der Waals surface area contributed by atoms with Crippen molar-refractivity contribution in [2.24, 2.45) is 0 Å². The number of imidazole rings is 1. The highest BCUT2D eigenvalue weighted by Gasteiger charge is 2.42. The number of benzene rings is 2. The van der Waals surface area contributed by atoms with Crippen LogP contribution in [-0.2, 0) is 16.1 Å². The van der Waals surface area contributed by atoms with Crippen molar-refractivity contribution in [1.29, 1.82) is 5.26 Å². The van der Waals surface area contributed by atoms with E-state index in [0.717, 1.165) is 22.5 Å². The fourth-order valence-corrected chi connectivity index (χ4v) is 4.03. The first-order chi connectivity index (χ1) is 16.3. The highest BCUT2D eigenvalue weighted by Crippen LogP contribution is 2.41. The molecule has 6 nitrogen and oxygen atoms in total. The Bertz CT molecular complexity index is 1480. The number of nitriles is 1. The smallest absolute Gasteiger partial charge is 0.210 e. The number of nitrogens with zero attached hydrogens (tertiary/aromatic N) is 3. The molecule has 0 saturated carbocycles. The number of ketones is 1. The summed E-state index contributed by atoms with van der Waals surface area (Å²) >= 11 is 6.03. The Kier molecular flexibility index (Phi) is 5.35. The van der Waals surface area contributed by atoms with E-state index in [2.05, 4.69) is 11.1 Å². The number of hydrogen-bond acceptors (Lipinski definition) is 5. The number of carbonyl (C=O) groups excluding carboxylic acids is 1. The standard InChI is InChI=1S/C27H20ClN3O3/c1-27(2)26(32)24(25(34-27)19-5-3-17(14-29)4-6-19)18-7-9-22(10-8-18)33-16-21-15-31-12-11-20(28)13-23(31)30-21/h3-13,15H,16H2,1-2H3. The van der Waals surface area contributed by atoms with Gasteiger partial charge in [0.15, 0.2) is 5.60 Å². The van der Waals surface area contributed by atoms with Crippen LogP contribution in [0.5, 0.6) is 5.75 Å². The molecule has 5 rings (SSSR count). The van der Waals surface area contributed by atoms with E-state index in [1.54, 1.807) is 50.2 Å². The van der Waals surface area contributed by atoms with E-state index in [9.17, 15) is 4.79 Å². The Labute approximate surface area is 201 Å². The quantitative estimate of drug-likeness (QED) is 0.375. The maximum absolute atomic E-state index is 13.2. The molecule has 1 aliphatic rings. The van der Waals surface area contributed by atoms with Gasteiger partial charge in [-0.3, -0.25) is 4.79 Å². The minimum Gasteiger partial charge on any atom is -0.487 e. The molecule has 0 fully saturated rings. The van der Waals surface area contributed by atoms with Gasteiger partial charge in [0.25, 0.3) is 0 Å². The summed E-state index contributed by atoms with van der Waals surface area (Å²) in [6, 6.07) is 20.1. The largest absolute Gasteiger partial charge is 0.487 e. The zero-order valence-corrected chi connectivity index (χ0v) is 19.3. The van der Waals surface area contributed by atoms with Crippen LogP contribution in [0, 0.1) is 11.3 Å². The Morgan fingerprint density at radius 2 is 1.79 bits per heavy atom. The molecule has 0 saturated heterocycles. The molecule has 168 valence electrons. The van der Waals surface area contributed by atoms with Crippen molar-refractivity contribution in [3.05, 3.63) is 100 Å². The first kappa shape index (κ1) is 21.7. The van der Waals surface area contributed by atoms with Gasteiger partial charge in [0, 0.05) is 23.0 Å². The van der Waals surface area contributed by atoms with Gasteiger partial charge in [-0.15, -0.1) is 0 Å². The van der Waals surface area contributed by atoms with E-state index in [1.165, 1.54) is 0 Å². The number of pyridine rings is 1. The van der Waals surface area contributed by atoms with Gasteiger partial charge in [0.05, 0.1) is 22.9 Å². The van der Waals surface area contributed by atoms with Crippen molar-refractivity contribution >= 4 is 34.4 Å². The molecular formula is C27H20ClN3O3. The molecule has 34 heavy (non-hydrogen) atoms. The highest BCUT2D eigenvalue weighted by molar-refractivity contribution is 6.32. The topological polar surface area (TPSA) is 76.6 Å². The highest BCUT2D eigenvalue weighted by atomic mass is 35.5. The Morgan fingerprint density at radius 3 is 2.50 bits per heavy atom. The van der Waals surface area contributed by atoms with Gasteiger partial charge in [-0.25, -0.2) is 4.98 Å². The fraction of sp³-hybridized carbons (Fsp3) is 0.148. The van der Waals surface area contributed by atoms with E-state index in [4.69, 9.17) is 26.3 Å². The Hall–Kier alpha value is -4.08. The molecule has 0 amide bonds. The van der Waals surface area contributed by atoms with Crippen molar-refractivity contribution in [1.82, 2.24) is 9.38 Å². The predicted molar refractivity (Wildman–Crippen MR) is 129 cm³/mol. The second-order valence-electron chi connectivity index (χ2n) is 8.49. The second kappa shape index (κ2) is 8.36. The van der Waals surface area contributed by atoms with Gasteiger partial charge < -0.3 is 13.9 Å². The summed E-state index contributed by atoms with van der Waals surface area (Å²) in [7, 11) is 0. The van der Waals surface area contributed by atoms with Crippen LogP contribution >= 0.6 is 11.6 Å². The minimum atomic E-state index is -0.972. The monoisotopic (exact) mass is 469 g/mol. The number of ether oxygens (including phenoxy) is 2. The number of halogens is 1. The summed E-state index contributed by atoms with van der Waals surface area (Å²) in [5.41, 5.74) is 3.11. The molecule has 2 aromatic heterocycles. The van der Waals surface area contributed by atoms with E-state index < -0.39 is 5.60 Å². The number of carbonyl (C=O) groups is 1. The van der Waals surface area contributed by atoms with Crippen LogP contribution in [0.4, 0.5) is 0 Å². The fourth-order valence-electron chi connectivity index (χ4n) is 3.87. The molecule has 0 unspecified atom stereocenters. The molecule has 4 aromatic rings. The van der Waals surface area contributed by atoms with Crippen molar-refractivity contribution in [3.63, 3.8) is 0 Å². The zero-order valence-electron chi connectivity index (χ0n) is 18.6. The molecule has 7 heteroatoms. The SMILES string of the molecule is CC1(C)OC(c2ccc(C#N)cc2)=C(c2ccc(OCc3cn4ccc(Cl)cc4n3)cc2)C1=O.